The van der Waals surface area contributed by atoms with Crippen molar-refractivity contribution in [3.05, 3.63) is 52.8 Å². The molecule has 1 unspecified atom stereocenters. The SMILES string of the molecule is CCOC(=O)C1(Cc2ccccc2C(F)(F)F)CCN(C(C)Cn2nc(C)cc2C)CC1. The molecular weight excluding hydrogens is 419 g/mol. The minimum absolute atomic E-state index is 0.0290. The zero-order chi connectivity index (χ0) is 23.5. The summed E-state index contributed by atoms with van der Waals surface area (Å²) in [5, 5.41) is 4.52. The second kappa shape index (κ2) is 9.65. The average Bonchev–Trinajstić information content (AvgIpc) is 3.04. The number of ether oxygens (including phenoxy) is 1. The van der Waals surface area contributed by atoms with Crippen LogP contribution in [0.4, 0.5) is 13.2 Å². The zero-order valence-electron chi connectivity index (χ0n) is 19.2. The lowest BCUT2D eigenvalue weighted by molar-refractivity contribution is -0.159. The molecule has 1 fully saturated rings. The highest BCUT2D eigenvalue weighted by Gasteiger charge is 2.45. The molecule has 1 aromatic heterocycles. The topological polar surface area (TPSA) is 47.4 Å². The monoisotopic (exact) mass is 451 g/mol. The molecule has 32 heavy (non-hydrogen) atoms. The number of carbonyl (C=O) groups excluding carboxylic acids is 1. The van der Waals surface area contributed by atoms with Crippen molar-refractivity contribution in [2.24, 2.45) is 5.41 Å². The van der Waals surface area contributed by atoms with E-state index in [9.17, 15) is 18.0 Å². The standard InChI is InChI=1S/C24H32F3N3O2/c1-5-32-22(31)23(15-20-8-6-7-9-21(20)24(25,26)27)10-12-29(13-11-23)19(4)16-30-18(3)14-17(2)28-30/h6-9,14,19H,5,10-13,15-16H2,1-4H3. The van der Waals surface area contributed by atoms with Crippen LogP contribution in [0.2, 0.25) is 0 Å². The maximum absolute atomic E-state index is 13.6. The van der Waals surface area contributed by atoms with Crippen molar-refractivity contribution in [2.75, 3.05) is 19.7 Å². The van der Waals surface area contributed by atoms with Gasteiger partial charge in [0.15, 0.2) is 0 Å². The van der Waals surface area contributed by atoms with Gasteiger partial charge in [-0.2, -0.15) is 18.3 Å². The molecular formula is C24H32F3N3O2. The van der Waals surface area contributed by atoms with Crippen LogP contribution in [-0.4, -0.2) is 46.4 Å². The summed E-state index contributed by atoms with van der Waals surface area (Å²) in [6, 6.07) is 7.76. The van der Waals surface area contributed by atoms with E-state index in [1.165, 1.54) is 12.1 Å². The van der Waals surface area contributed by atoms with Crippen molar-refractivity contribution < 1.29 is 22.7 Å². The number of aromatic nitrogens is 2. The number of nitrogens with zero attached hydrogens (tertiary/aromatic N) is 3. The van der Waals surface area contributed by atoms with Crippen LogP contribution in [0.1, 0.15) is 49.2 Å². The molecule has 0 saturated carbocycles. The first-order chi connectivity index (χ1) is 15.1. The Balaban J connectivity index is 1.77. The van der Waals surface area contributed by atoms with Crippen LogP contribution < -0.4 is 0 Å². The number of halogens is 3. The third-order valence-electron chi connectivity index (χ3n) is 6.48. The first-order valence-electron chi connectivity index (χ1n) is 11.1. The van der Waals surface area contributed by atoms with Crippen LogP contribution in [0.3, 0.4) is 0 Å². The molecule has 0 N–H and O–H groups in total. The Morgan fingerprint density at radius 2 is 1.88 bits per heavy atom. The van der Waals surface area contributed by atoms with E-state index in [4.69, 9.17) is 4.74 Å². The van der Waals surface area contributed by atoms with Gasteiger partial charge in [0.1, 0.15) is 0 Å². The zero-order valence-corrected chi connectivity index (χ0v) is 19.2. The van der Waals surface area contributed by atoms with Crippen LogP contribution in [0, 0.1) is 19.3 Å². The van der Waals surface area contributed by atoms with E-state index in [2.05, 4.69) is 16.9 Å². The quantitative estimate of drug-likeness (QED) is 0.568. The van der Waals surface area contributed by atoms with Crippen LogP contribution in [-0.2, 0) is 28.7 Å². The van der Waals surface area contributed by atoms with Gasteiger partial charge in [0.2, 0.25) is 0 Å². The molecule has 176 valence electrons. The van der Waals surface area contributed by atoms with E-state index < -0.39 is 23.1 Å². The molecule has 3 rings (SSSR count). The number of hydrogen-bond donors (Lipinski definition) is 0. The molecule has 1 atom stereocenters. The predicted molar refractivity (Wildman–Crippen MR) is 116 cm³/mol. The van der Waals surface area contributed by atoms with Gasteiger partial charge in [-0.25, -0.2) is 0 Å². The molecule has 0 amide bonds. The van der Waals surface area contributed by atoms with Crippen LogP contribution >= 0.6 is 0 Å². The van der Waals surface area contributed by atoms with Crippen molar-refractivity contribution in [1.82, 2.24) is 14.7 Å². The van der Waals surface area contributed by atoms with Gasteiger partial charge >= 0.3 is 12.1 Å². The van der Waals surface area contributed by atoms with Gasteiger partial charge in [0.25, 0.3) is 0 Å². The summed E-state index contributed by atoms with van der Waals surface area (Å²) in [5.41, 5.74) is 0.585. The minimum Gasteiger partial charge on any atom is -0.466 e. The van der Waals surface area contributed by atoms with Crippen LogP contribution in [0.25, 0.3) is 0 Å². The Morgan fingerprint density at radius 3 is 2.44 bits per heavy atom. The van der Waals surface area contributed by atoms with Gasteiger partial charge in [-0.15, -0.1) is 0 Å². The molecule has 8 heteroatoms. The van der Waals surface area contributed by atoms with Gasteiger partial charge in [0, 0.05) is 11.7 Å². The molecule has 2 aromatic rings. The molecule has 1 aliphatic heterocycles. The van der Waals surface area contributed by atoms with E-state index >= 15 is 0 Å². The molecule has 1 saturated heterocycles. The molecule has 0 bridgehead atoms. The summed E-state index contributed by atoms with van der Waals surface area (Å²) >= 11 is 0. The molecule has 0 aliphatic carbocycles. The van der Waals surface area contributed by atoms with Crippen molar-refractivity contribution in [3.8, 4) is 0 Å². The Bertz CT molecular complexity index is 931. The third-order valence-corrected chi connectivity index (χ3v) is 6.48. The second-order valence-electron chi connectivity index (χ2n) is 8.83. The number of piperidine rings is 1. The number of esters is 1. The van der Waals surface area contributed by atoms with Gasteiger partial charge in [0.05, 0.1) is 29.8 Å². The third kappa shape index (κ3) is 5.34. The summed E-state index contributed by atoms with van der Waals surface area (Å²) in [6.45, 7) is 9.99. The summed E-state index contributed by atoms with van der Waals surface area (Å²) in [4.78, 5) is 15.2. The second-order valence-corrected chi connectivity index (χ2v) is 8.83. The van der Waals surface area contributed by atoms with Crippen LogP contribution in [0.5, 0.6) is 0 Å². The number of alkyl halides is 3. The minimum atomic E-state index is -4.46. The summed E-state index contributed by atoms with van der Waals surface area (Å²) in [7, 11) is 0. The predicted octanol–water partition coefficient (Wildman–Crippen LogP) is 4.80. The van der Waals surface area contributed by atoms with Gasteiger partial charge in [-0.1, -0.05) is 18.2 Å². The van der Waals surface area contributed by atoms with Gasteiger partial charge < -0.3 is 4.74 Å². The lowest BCUT2D eigenvalue weighted by atomic mass is 9.72. The van der Waals surface area contributed by atoms with E-state index in [-0.39, 0.29) is 24.6 Å². The van der Waals surface area contributed by atoms with E-state index in [1.807, 2.05) is 24.6 Å². The molecule has 5 nitrogen and oxygen atoms in total. The molecule has 0 radical (unpaired) electrons. The van der Waals surface area contributed by atoms with Crippen molar-refractivity contribution >= 4 is 5.97 Å². The first kappa shape index (κ1) is 24.3. The summed E-state index contributed by atoms with van der Waals surface area (Å²) < 4.78 is 48.0. The fourth-order valence-electron chi connectivity index (χ4n) is 4.67. The summed E-state index contributed by atoms with van der Waals surface area (Å²) in [6.07, 6.45) is -3.51. The highest BCUT2D eigenvalue weighted by molar-refractivity contribution is 5.77. The Hall–Kier alpha value is -2.35. The highest BCUT2D eigenvalue weighted by atomic mass is 19.4. The van der Waals surface area contributed by atoms with E-state index in [0.717, 1.165) is 24.0 Å². The Kier molecular flexibility index (Phi) is 7.32. The van der Waals surface area contributed by atoms with E-state index in [1.54, 1.807) is 13.0 Å². The number of benzene rings is 1. The van der Waals surface area contributed by atoms with Crippen molar-refractivity contribution in [2.45, 2.75) is 65.7 Å². The van der Waals surface area contributed by atoms with Gasteiger partial charge in [-0.05, 0) is 77.7 Å². The summed E-state index contributed by atoms with van der Waals surface area (Å²) in [5.74, 6) is -0.400. The van der Waals surface area contributed by atoms with Crippen molar-refractivity contribution in [3.63, 3.8) is 0 Å². The fraction of sp³-hybridized carbons (Fsp3) is 0.583. The molecule has 1 aliphatic rings. The average molecular weight is 452 g/mol. The number of likely N-dealkylation sites (tertiary alicyclic amines) is 1. The lowest BCUT2D eigenvalue weighted by Gasteiger charge is -2.42. The lowest BCUT2D eigenvalue weighted by Crippen LogP contribution is -2.50. The largest absolute Gasteiger partial charge is 0.466 e. The molecule has 2 heterocycles. The van der Waals surface area contributed by atoms with Crippen LogP contribution in [0.15, 0.2) is 30.3 Å². The maximum atomic E-state index is 13.6. The highest BCUT2D eigenvalue weighted by Crippen LogP contribution is 2.41. The van der Waals surface area contributed by atoms with Crippen molar-refractivity contribution in [1.29, 1.82) is 0 Å². The Morgan fingerprint density at radius 1 is 1.22 bits per heavy atom. The van der Waals surface area contributed by atoms with Gasteiger partial charge in [-0.3, -0.25) is 14.4 Å². The molecule has 0 spiro atoms. The smallest absolute Gasteiger partial charge is 0.416 e. The normalized spacial score (nSPS) is 17.8. The Labute approximate surface area is 187 Å². The maximum Gasteiger partial charge on any atom is 0.416 e. The number of carbonyl (C=O) groups is 1. The first-order valence-corrected chi connectivity index (χ1v) is 11.1. The molecule has 1 aromatic carbocycles. The number of hydrogen-bond acceptors (Lipinski definition) is 4. The fourth-order valence-corrected chi connectivity index (χ4v) is 4.67. The number of aryl methyl sites for hydroxylation is 2. The van der Waals surface area contributed by atoms with E-state index in [0.29, 0.717) is 25.9 Å². The number of rotatable bonds is 7.